The summed E-state index contributed by atoms with van der Waals surface area (Å²) >= 11 is 0. The predicted molar refractivity (Wildman–Crippen MR) is 131 cm³/mol. The molecule has 1 unspecified atom stereocenters. The number of alkyl halides is 2. The fourth-order valence-electron chi connectivity index (χ4n) is 6.09. The van der Waals surface area contributed by atoms with Crippen molar-refractivity contribution in [1.29, 1.82) is 0 Å². The van der Waals surface area contributed by atoms with Crippen LogP contribution in [-0.4, -0.2) is 93.1 Å². The molecule has 12 heteroatoms. The number of halogens is 3. The number of benzene rings is 1. The second kappa shape index (κ2) is 9.55. The van der Waals surface area contributed by atoms with Crippen LogP contribution in [0, 0.1) is 11.7 Å². The number of nitrogens with zero attached hydrogens (tertiary/aromatic N) is 5. The molecule has 0 bridgehead atoms. The fourth-order valence-corrected chi connectivity index (χ4v) is 6.09. The Kier molecular flexibility index (Phi) is 6.55. The van der Waals surface area contributed by atoms with Gasteiger partial charge in [-0.05, 0) is 50.8 Å². The minimum Gasteiger partial charge on any atom is -0.504 e. The number of urea groups is 1. The van der Waals surface area contributed by atoms with Gasteiger partial charge in [-0.2, -0.15) is 0 Å². The number of phenolic OH excluding ortho intramolecular Hbond substituents is 1. The Morgan fingerprint density at radius 3 is 2.62 bits per heavy atom. The van der Waals surface area contributed by atoms with Gasteiger partial charge >= 0.3 is 6.03 Å². The average Bonchev–Trinajstić information content (AvgIpc) is 2.88. The lowest BCUT2D eigenvalue weighted by Gasteiger charge is -2.55. The van der Waals surface area contributed by atoms with Gasteiger partial charge in [0.15, 0.2) is 17.4 Å². The number of hydrogen-bond donors (Lipinski definition) is 3. The van der Waals surface area contributed by atoms with Crippen molar-refractivity contribution in [3.63, 3.8) is 0 Å². The van der Waals surface area contributed by atoms with Crippen molar-refractivity contribution in [3.05, 3.63) is 30.1 Å². The van der Waals surface area contributed by atoms with Crippen molar-refractivity contribution in [2.75, 3.05) is 43.0 Å². The molecule has 200 valence electrons. The van der Waals surface area contributed by atoms with Crippen molar-refractivity contribution in [2.24, 2.45) is 5.92 Å². The Hall–Kier alpha value is -3.28. The van der Waals surface area contributed by atoms with Crippen molar-refractivity contribution in [2.45, 2.75) is 50.7 Å². The molecule has 0 radical (unpaired) electrons. The Labute approximate surface area is 212 Å². The van der Waals surface area contributed by atoms with E-state index in [-0.39, 0.29) is 68.1 Å². The molecule has 4 heterocycles. The van der Waals surface area contributed by atoms with Gasteiger partial charge in [-0.3, -0.25) is 0 Å². The highest BCUT2D eigenvalue weighted by Crippen LogP contribution is 2.43. The van der Waals surface area contributed by atoms with Gasteiger partial charge in [0.25, 0.3) is 6.43 Å². The van der Waals surface area contributed by atoms with E-state index < -0.39 is 23.5 Å². The third-order valence-corrected chi connectivity index (χ3v) is 7.94. The van der Waals surface area contributed by atoms with Gasteiger partial charge in [-0.1, -0.05) is 6.07 Å². The van der Waals surface area contributed by atoms with Gasteiger partial charge in [0.2, 0.25) is 0 Å². The number of aromatic nitrogens is 2. The van der Waals surface area contributed by atoms with E-state index in [2.05, 4.69) is 15.5 Å². The largest absolute Gasteiger partial charge is 0.504 e. The van der Waals surface area contributed by atoms with Crippen LogP contribution in [0.2, 0.25) is 0 Å². The van der Waals surface area contributed by atoms with Crippen LogP contribution in [0.5, 0.6) is 5.75 Å². The third kappa shape index (κ3) is 4.20. The summed E-state index contributed by atoms with van der Waals surface area (Å²) in [5, 5.41) is 30.9. The van der Waals surface area contributed by atoms with Crippen LogP contribution in [0.1, 0.15) is 26.7 Å². The number of piperidine rings is 1. The third-order valence-electron chi connectivity index (χ3n) is 7.94. The molecule has 5 rings (SSSR count). The summed E-state index contributed by atoms with van der Waals surface area (Å²) in [5.41, 5.74) is -1.10. The molecule has 3 N–H and O–H groups in total. The van der Waals surface area contributed by atoms with Crippen LogP contribution in [0.3, 0.4) is 0 Å². The summed E-state index contributed by atoms with van der Waals surface area (Å²) in [6.45, 7) is 3.95. The highest BCUT2D eigenvalue weighted by atomic mass is 19.3. The zero-order chi connectivity index (χ0) is 26.5. The topological polar surface area (TPSA) is 105 Å². The second-order valence-electron chi connectivity index (χ2n) is 10.3. The number of phenols is 1. The molecule has 2 fully saturated rings. The summed E-state index contributed by atoms with van der Waals surface area (Å²) in [6, 6.07) is 5.01. The molecule has 2 saturated heterocycles. The number of nitrogens with one attached hydrogen (secondary N) is 1. The van der Waals surface area contributed by atoms with Gasteiger partial charge in [-0.25, -0.2) is 18.0 Å². The van der Waals surface area contributed by atoms with E-state index in [9.17, 15) is 28.2 Å². The summed E-state index contributed by atoms with van der Waals surface area (Å²) < 4.78 is 43.6. The zero-order valence-corrected chi connectivity index (χ0v) is 20.7. The van der Waals surface area contributed by atoms with Crippen molar-refractivity contribution in [1.82, 2.24) is 20.0 Å². The molecule has 1 aromatic carbocycles. The van der Waals surface area contributed by atoms with Crippen LogP contribution < -0.4 is 10.2 Å². The molecule has 37 heavy (non-hydrogen) atoms. The molecule has 0 aliphatic carbocycles. The first kappa shape index (κ1) is 25.4. The maximum Gasteiger partial charge on any atom is 0.320 e. The number of carbonyl (C=O) groups is 1. The quantitative estimate of drug-likeness (QED) is 0.571. The monoisotopic (exact) mass is 520 g/mol. The highest BCUT2D eigenvalue weighted by Gasteiger charge is 2.54. The Balaban J connectivity index is 1.44. The summed E-state index contributed by atoms with van der Waals surface area (Å²) in [5.74, 6) is -0.992. The Morgan fingerprint density at radius 2 is 1.95 bits per heavy atom. The number of fused-ring (bicyclic) bond motifs is 3. The van der Waals surface area contributed by atoms with Crippen molar-refractivity contribution >= 4 is 17.5 Å². The summed E-state index contributed by atoms with van der Waals surface area (Å²) in [4.78, 5) is 18.4. The number of likely N-dealkylation sites (tertiary alicyclic amines) is 1. The lowest BCUT2D eigenvalue weighted by Crippen LogP contribution is -2.72. The molecular weight excluding hydrogens is 489 g/mol. The van der Waals surface area contributed by atoms with E-state index in [4.69, 9.17) is 0 Å². The average molecular weight is 521 g/mol. The first-order chi connectivity index (χ1) is 17.7. The first-order valence-electron chi connectivity index (χ1n) is 12.5. The van der Waals surface area contributed by atoms with Gasteiger partial charge in [0.1, 0.15) is 5.54 Å². The van der Waals surface area contributed by atoms with Crippen LogP contribution in [0.25, 0.3) is 11.3 Å². The number of rotatable bonds is 3. The van der Waals surface area contributed by atoms with E-state index in [1.807, 2.05) is 13.8 Å². The zero-order valence-electron chi connectivity index (χ0n) is 20.7. The van der Waals surface area contributed by atoms with Crippen LogP contribution in [0.15, 0.2) is 24.3 Å². The SMILES string of the molecule is C[C@@H]1CC(CO)C[C@H](C)N1C(=O)N1CCN2c3cc(-c4cccc(F)c4O)nnc3NC[C@@]2(C(F)F)C1. The van der Waals surface area contributed by atoms with E-state index >= 15 is 0 Å². The Bertz CT molecular complexity index is 1170. The second-order valence-corrected chi connectivity index (χ2v) is 10.3. The number of piperazine rings is 1. The number of aliphatic hydroxyl groups excluding tert-OH is 1. The molecule has 3 aliphatic heterocycles. The molecule has 9 nitrogen and oxygen atoms in total. The molecule has 1 aromatic heterocycles. The van der Waals surface area contributed by atoms with Gasteiger partial charge in [-0.15, -0.1) is 10.2 Å². The van der Waals surface area contributed by atoms with Crippen LogP contribution in [0.4, 0.5) is 29.5 Å². The lowest BCUT2D eigenvalue weighted by atomic mass is 9.87. The smallest absolute Gasteiger partial charge is 0.320 e. The fraction of sp³-hybridized carbons (Fsp3) is 0.560. The number of amides is 2. The molecule has 2 aromatic rings. The number of aromatic hydroxyl groups is 1. The number of aliphatic hydroxyl groups is 1. The molecule has 2 amide bonds. The van der Waals surface area contributed by atoms with Gasteiger partial charge < -0.3 is 30.2 Å². The molecule has 4 atom stereocenters. The highest BCUT2D eigenvalue weighted by molar-refractivity contribution is 5.79. The molecule has 3 aliphatic rings. The van der Waals surface area contributed by atoms with Crippen LogP contribution in [-0.2, 0) is 0 Å². The summed E-state index contributed by atoms with van der Waals surface area (Å²) in [7, 11) is 0. The number of anilines is 2. The molecule has 0 spiro atoms. The van der Waals surface area contributed by atoms with Gasteiger partial charge in [0.05, 0.1) is 17.9 Å². The Morgan fingerprint density at radius 1 is 1.22 bits per heavy atom. The predicted octanol–water partition coefficient (Wildman–Crippen LogP) is 3.14. The van der Waals surface area contributed by atoms with E-state index in [0.29, 0.717) is 24.3 Å². The van der Waals surface area contributed by atoms with Crippen molar-refractivity contribution in [3.8, 4) is 17.0 Å². The van der Waals surface area contributed by atoms with Gasteiger partial charge in [0, 0.05) is 43.9 Å². The molecule has 0 saturated carbocycles. The number of para-hydroxylation sites is 1. The standard InChI is InChI=1S/C25H31F3N6O3/c1-14-8-16(11-35)9-15(2)34(14)24(37)32-6-7-33-20-10-19(17-4-3-5-18(26)21(17)36)30-31-22(20)29-12-25(33,13-32)23(27)28/h3-5,10,14-16,23,35-36H,6-9,11-13H2,1-2H3,(H,29,31)/t14-,15+,16?,25-/m0/s1. The normalized spacial score (nSPS) is 27.5. The summed E-state index contributed by atoms with van der Waals surface area (Å²) in [6.07, 6.45) is -1.47. The molecular formula is C25H31F3N6O3. The minimum absolute atomic E-state index is 0.0627. The minimum atomic E-state index is -2.79. The van der Waals surface area contributed by atoms with Crippen LogP contribution >= 0.6 is 0 Å². The van der Waals surface area contributed by atoms with Crippen molar-refractivity contribution < 1.29 is 28.2 Å². The van der Waals surface area contributed by atoms with E-state index in [1.54, 1.807) is 9.80 Å². The maximum absolute atomic E-state index is 14.8. The van der Waals surface area contributed by atoms with E-state index in [0.717, 1.165) is 6.07 Å². The lowest BCUT2D eigenvalue weighted by molar-refractivity contribution is 0.00762. The maximum atomic E-state index is 14.8. The first-order valence-corrected chi connectivity index (χ1v) is 12.5. The number of hydrogen-bond acceptors (Lipinski definition) is 7. The van der Waals surface area contributed by atoms with E-state index in [1.165, 1.54) is 23.1 Å². The number of carbonyl (C=O) groups excluding carboxylic acids is 1.